The van der Waals surface area contributed by atoms with Crippen molar-refractivity contribution < 1.29 is 0 Å². The van der Waals surface area contributed by atoms with E-state index >= 15 is 0 Å². The zero-order valence-electron chi connectivity index (χ0n) is 6.83. The van der Waals surface area contributed by atoms with Crippen LogP contribution in [0.5, 0.6) is 0 Å². The molecule has 0 aliphatic rings. The van der Waals surface area contributed by atoms with E-state index in [0.717, 1.165) is 0 Å². The van der Waals surface area contributed by atoms with Crippen molar-refractivity contribution in [3.05, 3.63) is 34.2 Å². The van der Waals surface area contributed by atoms with Gasteiger partial charge in [-0.25, -0.2) is 9.97 Å². The monoisotopic (exact) mass is 223 g/mol. The summed E-state index contributed by atoms with van der Waals surface area (Å²) in [5.74, 6) is 0. The lowest BCUT2D eigenvalue weighted by atomic mass is 10.2. The molecule has 0 N–H and O–H groups in total. The number of benzene rings is 1. The Morgan fingerprint density at radius 1 is 1.21 bits per heavy atom. The van der Waals surface area contributed by atoms with Gasteiger partial charge in [-0.3, -0.25) is 0 Å². The third-order valence-corrected chi connectivity index (χ3v) is 2.24. The average Bonchev–Trinajstić information content (AvgIpc) is 2.16. The predicted molar refractivity (Wildman–Crippen MR) is 54.3 cm³/mol. The molecule has 0 aliphatic carbocycles. The van der Waals surface area contributed by atoms with Crippen molar-refractivity contribution in [1.82, 2.24) is 9.97 Å². The van der Waals surface area contributed by atoms with E-state index in [1.165, 1.54) is 0 Å². The van der Waals surface area contributed by atoms with Crippen LogP contribution in [0.4, 0.5) is 0 Å². The number of rotatable bonds is 0. The molecule has 0 spiro atoms. The summed E-state index contributed by atoms with van der Waals surface area (Å²) in [5, 5.41) is 9.88. The molecule has 1 aromatic carbocycles. The van der Waals surface area contributed by atoms with Crippen molar-refractivity contribution in [3.63, 3.8) is 0 Å². The Morgan fingerprint density at radius 2 is 2.00 bits per heavy atom. The molecule has 1 aromatic heterocycles. The molecule has 0 saturated heterocycles. The summed E-state index contributed by atoms with van der Waals surface area (Å²) in [6, 6.07) is 7.09. The van der Waals surface area contributed by atoms with Gasteiger partial charge < -0.3 is 0 Å². The van der Waals surface area contributed by atoms with Gasteiger partial charge in [0.05, 0.1) is 15.9 Å². The van der Waals surface area contributed by atoms with Crippen LogP contribution in [0.1, 0.15) is 5.69 Å². The van der Waals surface area contributed by atoms with Gasteiger partial charge in [-0.2, -0.15) is 5.26 Å². The molecule has 0 bridgehead atoms. The van der Waals surface area contributed by atoms with E-state index in [9.17, 15) is 0 Å². The van der Waals surface area contributed by atoms with Crippen LogP contribution in [0.3, 0.4) is 0 Å². The molecule has 3 nitrogen and oxygen atoms in total. The highest BCUT2D eigenvalue weighted by atomic mass is 35.5. The van der Waals surface area contributed by atoms with Gasteiger partial charge in [0.15, 0.2) is 5.69 Å². The molecular weight excluding hydrogens is 221 g/mol. The number of nitrogens with zero attached hydrogens (tertiary/aromatic N) is 3. The van der Waals surface area contributed by atoms with Gasteiger partial charge in [0, 0.05) is 0 Å². The van der Waals surface area contributed by atoms with Gasteiger partial charge in [0.25, 0.3) is 0 Å². The Hall–Kier alpha value is -1.37. The maximum atomic E-state index is 8.83. The van der Waals surface area contributed by atoms with Crippen molar-refractivity contribution in [2.45, 2.75) is 0 Å². The van der Waals surface area contributed by atoms with E-state index in [0.29, 0.717) is 15.9 Å². The van der Waals surface area contributed by atoms with Crippen LogP contribution in [-0.2, 0) is 0 Å². The number of nitriles is 1. The molecule has 5 heteroatoms. The van der Waals surface area contributed by atoms with E-state index in [2.05, 4.69) is 9.97 Å². The first-order valence-electron chi connectivity index (χ1n) is 3.74. The van der Waals surface area contributed by atoms with E-state index in [-0.39, 0.29) is 11.0 Å². The topological polar surface area (TPSA) is 49.6 Å². The first-order valence-corrected chi connectivity index (χ1v) is 4.50. The molecule has 2 rings (SSSR count). The van der Waals surface area contributed by atoms with Gasteiger partial charge in [-0.1, -0.05) is 17.7 Å². The first kappa shape index (κ1) is 9.20. The molecule has 2 aromatic rings. The van der Waals surface area contributed by atoms with E-state index < -0.39 is 0 Å². The summed E-state index contributed by atoms with van der Waals surface area (Å²) in [6.45, 7) is 0. The molecule has 0 saturated carbocycles. The third kappa shape index (κ3) is 1.39. The van der Waals surface area contributed by atoms with Crippen molar-refractivity contribution in [2.75, 3.05) is 0 Å². The third-order valence-electron chi connectivity index (χ3n) is 1.75. The summed E-state index contributed by atoms with van der Waals surface area (Å²) in [6.07, 6.45) is 0. The second-order valence-electron chi connectivity index (χ2n) is 2.59. The highest BCUT2D eigenvalue weighted by molar-refractivity contribution is 6.36. The summed E-state index contributed by atoms with van der Waals surface area (Å²) in [5.41, 5.74) is 0.777. The molecule has 1 heterocycles. The fourth-order valence-electron chi connectivity index (χ4n) is 1.19. The van der Waals surface area contributed by atoms with Crippen LogP contribution in [0.25, 0.3) is 10.9 Å². The molecule has 68 valence electrons. The standard InChI is InChI=1S/C9H3Cl2N3/c10-5-2-1-3-6-8(5)7(4-12)14-9(11)13-6/h1-3H. The molecule has 0 radical (unpaired) electrons. The Kier molecular flexibility index (Phi) is 2.24. The first-order chi connectivity index (χ1) is 6.72. The smallest absolute Gasteiger partial charge is 0.218 e. The minimum absolute atomic E-state index is 0.0521. The second-order valence-corrected chi connectivity index (χ2v) is 3.33. The zero-order chi connectivity index (χ0) is 10.1. The van der Waals surface area contributed by atoms with Crippen LogP contribution >= 0.6 is 23.2 Å². The van der Waals surface area contributed by atoms with Crippen molar-refractivity contribution >= 4 is 34.1 Å². The predicted octanol–water partition coefficient (Wildman–Crippen LogP) is 2.81. The van der Waals surface area contributed by atoms with Gasteiger partial charge in [-0.05, 0) is 23.7 Å². The SMILES string of the molecule is N#Cc1nc(Cl)nc2cccc(Cl)c12. The normalized spacial score (nSPS) is 10.1. The minimum Gasteiger partial charge on any atom is -0.218 e. The Morgan fingerprint density at radius 3 is 2.71 bits per heavy atom. The number of hydrogen-bond acceptors (Lipinski definition) is 3. The van der Waals surface area contributed by atoms with Gasteiger partial charge in [0.1, 0.15) is 6.07 Å². The average molecular weight is 224 g/mol. The molecule has 0 atom stereocenters. The lowest BCUT2D eigenvalue weighted by Gasteiger charge is -2.00. The molecule has 0 aliphatic heterocycles. The van der Waals surface area contributed by atoms with Crippen LogP contribution in [0, 0.1) is 11.3 Å². The molecule has 0 fully saturated rings. The van der Waals surface area contributed by atoms with Crippen LogP contribution in [-0.4, -0.2) is 9.97 Å². The lowest BCUT2D eigenvalue weighted by molar-refractivity contribution is 1.19. The van der Waals surface area contributed by atoms with Gasteiger partial charge >= 0.3 is 0 Å². The van der Waals surface area contributed by atoms with Crippen LogP contribution in [0.2, 0.25) is 10.3 Å². The minimum atomic E-state index is 0.0521. The zero-order valence-corrected chi connectivity index (χ0v) is 8.34. The van der Waals surface area contributed by atoms with E-state index in [4.69, 9.17) is 28.5 Å². The summed E-state index contributed by atoms with van der Waals surface area (Å²) < 4.78 is 0. The van der Waals surface area contributed by atoms with Crippen molar-refractivity contribution in [2.24, 2.45) is 0 Å². The molecule has 14 heavy (non-hydrogen) atoms. The summed E-state index contributed by atoms with van der Waals surface area (Å²) >= 11 is 11.6. The molecule has 0 unspecified atom stereocenters. The number of halogens is 2. The van der Waals surface area contributed by atoms with Crippen LogP contribution < -0.4 is 0 Å². The van der Waals surface area contributed by atoms with Gasteiger partial charge in [-0.15, -0.1) is 0 Å². The Bertz CT molecular complexity index is 545. The highest BCUT2D eigenvalue weighted by Gasteiger charge is 2.08. The fourth-order valence-corrected chi connectivity index (χ4v) is 1.63. The summed E-state index contributed by atoms with van der Waals surface area (Å²) in [7, 11) is 0. The van der Waals surface area contributed by atoms with E-state index in [1.807, 2.05) is 6.07 Å². The van der Waals surface area contributed by atoms with Gasteiger partial charge in [0.2, 0.25) is 5.28 Å². The molecule has 0 amide bonds. The number of aromatic nitrogens is 2. The largest absolute Gasteiger partial charge is 0.224 e. The number of fused-ring (bicyclic) bond motifs is 1. The summed E-state index contributed by atoms with van der Waals surface area (Å²) in [4.78, 5) is 7.75. The lowest BCUT2D eigenvalue weighted by Crippen LogP contribution is -1.91. The molecular formula is C9H3Cl2N3. The maximum Gasteiger partial charge on any atom is 0.224 e. The van der Waals surface area contributed by atoms with E-state index in [1.54, 1.807) is 18.2 Å². The highest BCUT2D eigenvalue weighted by Crippen LogP contribution is 2.25. The Balaban J connectivity index is 2.98. The van der Waals surface area contributed by atoms with Crippen LogP contribution in [0.15, 0.2) is 18.2 Å². The fraction of sp³-hybridized carbons (Fsp3) is 0. The number of hydrogen-bond donors (Lipinski definition) is 0. The second kappa shape index (κ2) is 3.41. The van der Waals surface area contributed by atoms with Crippen molar-refractivity contribution in [3.8, 4) is 6.07 Å². The quantitative estimate of drug-likeness (QED) is 0.646. The maximum absolute atomic E-state index is 8.83. The Labute approximate surface area is 89.9 Å². The van der Waals surface area contributed by atoms with Crippen molar-refractivity contribution in [1.29, 1.82) is 5.26 Å².